The zero-order chi connectivity index (χ0) is 23.6. The number of rotatable bonds is 3. The minimum absolute atomic E-state index is 0.0353. The fourth-order valence-corrected chi connectivity index (χ4v) is 5.33. The highest BCUT2D eigenvalue weighted by Crippen LogP contribution is 2.57. The lowest BCUT2D eigenvalue weighted by Gasteiger charge is -2.37. The molecular formula is C23H22ClF3N2O3. The van der Waals surface area contributed by atoms with Gasteiger partial charge in [0.1, 0.15) is 17.3 Å². The SMILES string of the molecule is CC(C)(C)C[C@@H]1N[C@@H](C(=O)O)[C@H](c2cccc(Cl)c2F)C12C(=O)Nc1cc(F)c(F)cc12. The molecule has 170 valence electrons. The van der Waals surface area contributed by atoms with Crippen LogP contribution in [0, 0.1) is 22.9 Å². The van der Waals surface area contributed by atoms with Crippen molar-refractivity contribution >= 4 is 29.2 Å². The molecule has 32 heavy (non-hydrogen) atoms. The second-order valence-electron chi connectivity index (χ2n) is 9.56. The topological polar surface area (TPSA) is 78.4 Å². The maximum atomic E-state index is 15.2. The van der Waals surface area contributed by atoms with E-state index in [9.17, 15) is 23.5 Å². The molecule has 4 atom stereocenters. The van der Waals surface area contributed by atoms with E-state index >= 15 is 4.39 Å². The van der Waals surface area contributed by atoms with Gasteiger partial charge in [0.25, 0.3) is 0 Å². The number of halogens is 4. The summed E-state index contributed by atoms with van der Waals surface area (Å²) in [6, 6.07) is 3.73. The lowest BCUT2D eigenvalue weighted by molar-refractivity contribution is -0.139. The number of nitrogens with one attached hydrogen (secondary N) is 2. The molecule has 4 rings (SSSR count). The number of carbonyl (C=O) groups excluding carboxylic acids is 1. The predicted molar refractivity (Wildman–Crippen MR) is 113 cm³/mol. The van der Waals surface area contributed by atoms with Gasteiger partial charge in [0.2, 0.25) is 5.91 Å². The van der Waals surface area contributed by atoms with Gasteiger partial charge in [0.05, 0.1) is 5.02 Å². The molecule has 0 saturated carbocycles. The summed E-state index contributed by atoms with van der Waals surface area (Å²) in [5.41, 5.74) is -2.03. The Morgan fingerprint density at radius 1 is 1.19 bits per heavy atom. The summed E-state index contributed by atoms with van der Waals surface area (Å²) in [4.78, 5) is 25.9. The van der Waals surface area contributed by atoms with E-state index in [0.717, 1.165) is 12.1 Å². The molecule has 0 bridgehead atoms. The quantitative estimate of drug-likeness (QED) is 0.618. The summed E-state index contributed by atoms with van der Waals surface area (Å²) >= 11 is 5.99. The Morgan fingerprint density at radius 2 is 1.84 bits per heavy atom. The molecule has 5 nitrogen and oxygen atoms in total. The number of carboxylic acid groups (broad SMARTS) is 1. The maximum absolute atomic E-state index is 15.2. The van der Waals surface area contributed by atoms with Crippen LogP contribution in [-0.2, 0) is 15.0 Å². The van der Waals surface area contributed by atoms with Gasteiger partial charge in [-0.25, -0.2) is 13.2 Å². The second-order valence-corrected chi connectivity index (χ2v) is 9.96. The molecule has 2 aliphatic rings. The maximum Gasteiger partial charge on any atom is 0.321 e. The molecule has 0 aliphatic carbocycles. The number of amides is 1. The van der Waals surface area contributed by atoms with Crippen LogP contribution in [0.3, 0.4) is 0 Å². The summed E-state index contributed by atoms with van der Waals surface area (Å²) < 4.78 is 43.6. The highest BCUT2D eigenvalue weighted by Gasteiger charge is 2.66. The highest BCUT2D eigenvalue weighted by atomic mass is 35.5. The zero-order valence-electron chi connectivity index (χ0n) is 17.6. The Bertz CT molecular complexity index is 1130. The third-order valence-corrected chi connectivity index (χ3v) is 6.58. The van der Waals surface area contributed by atoms with Crippen molar-refractivity contribution in [3.05, 3.63) is 63.9 Å². The van der Waals surface area contributed by atoms with Crippen LogP contribution in [-0.4, -0.2) is 29.1 Å². The number of aliphatic carboxylic acids is 1. The second kappa shape index (κ2) is 7.49. The van der Waals surface area contributed by atoms with Crippen LogP contribution < -0.4 is 10.6 Å². The van der Waals surface area contributed by atoms with Crippen molar-refractivity contribution in [3.63, 3.8) is 0 Å². The van der Waals surface area contributed by atoms with Crippen molar-refractivity contribution in [1.82, 2.24) is 5.32 Å². The fourth-order valence-electron chi connectivity index (χ4n) is 5.15. The smallest absolute Gasteiger partial charge is 0.321 e. The van der Waals surface area contributed by atoms with Gasteiger partial charge in [-0.15, -0.1) is 0 Å². The van der Waals surface area contributed by atoms with Crippen molar-refractivity contribution in [1.29, 1.82) is 0 Å². The monoisotopic (exact) mass is 466 g/mol. The number of hydrogen-bond acceptors (Lipinski definition) is 3. The lowest BCUT2D eigenvalue weighted by atomic mass is 9.62. The number of anilines is 1. The summed E-state index contributed by atoms with van der Waals surface area (Å²) in [5, 5.41) is 15.4. The lowest BCUT2D eigenvalue weighted by Crippen LogP contribution is -2.49. The first-order valence-electron chi connectivity index (χ1n) is 10.1. The van der Waals surface area contributed by atoms with Crippen LogP contribution in [0.2, 0.25) is 5.02 Å². The molecule has 0 aromatic heterocycles. The Balaban J connectivity index is 2.06. The number of carbonyl (C=O) groups is 2. The van der Waals surface area contributed by atoms with E-state index in [-0.39, 0.29) is 27.3 Å². The molecule has 1 saturated heterocycles. The van der Waals surface area contributed by atoms with Crippen molar-refractivity contribution in [2.45, 2.75) is 50.6 Å². The van der Waals surface area contributed by atoms with Crippen LogP contribution in [0.25, 0.3) is 0 Å². The standard InChI is InChI=1S/C23H22ClF3N2O3/c1-22(2,3)9-16-23(11-7-13(25)14(26)8-15(11)28-21(23)32)17(19(29-16)20(30)31)10-5-4-6-12(24)18(10)27/h4-8,16-17,19,29H,9H2,1-3H3,(H,28,32)(H,30,31)/t16-,17-,19+,23?/m0/s1. The normalized spacial score (nSPS) is 27.0. The van der Waals surface area contributed by atoms with Gasteiger partial charge in [-0.2, -0.15) is 0 Å². The van der Waals surface area contributed by atoms with Gasteiger partial charge in [0.15, 0.2) is 11.6 Å². The molecule has 3 N–H and O–H groups in total. The molecule has 1 unspecified atom stereocenters. The van der Waals surface area contributed by atoms with Gasteiger partial charge < -0.3 is 10.4 Å². The van der Waals surface area contributed by atoms with Crippen LogP contribution in [0.15, 0.2) is 30.3 Å². The largest absolute Gasteiger partial charge is 0.480 e. The van der Waals surface area contributed by atoms with E-state index in [4.69, 9.17) is 11.6 Å². The van der Waals surface area contributed by atoms with E-state index in [2.05, 4.69) is 10.6 Å². The van der Waals surface area contributed by atoms with Crippen LogP contribution in [0.4, 0.5) is 18.9 Å². The van der Waals surface area contributed by atoms with Crippen LogP contribution >= 0.6 is 11.6 Å². The predicted octanol–water partition coefficient (Wildman–Crippen LogP) is 4.59. The third kappa shape index (κ3) is 3.28. The molecule has 1 spiro atoms. The molecular weight excluding hydrogens is 445 g/mol. The molecule has 1 fully saturated rings. The third-order valence-electron chi connectivity index (χ3n) is 6.28. The number of carboxylic acids is 1. The van der Waals surface area contributed by atoms with Gasteiger partial charge >= 0.3 is 5.97 Å². The van der Waals surface area contributed by atoms with Crippen molar-refractivity contribution in [2.75, 3.05) is 5.32 Å². The van der Waals surface area contributed by atoms with Gasteiger partial charge in [-0.3, -0.25) is 14.9 Å². The van der Waals surface area contributed by atoms with E-state index < -0.39 is 52.7 Å². The summed E-state index contributed by atoms with van der Waals surface area (Å²) in [6.45, 7) is 5.72. The van der Waals surface area contributed by atoms with Crippen molar-refractivity contribution < 1.29 is 27.9 Å². The summed E-state index contributed by atoms with van der Waals surface area (Å²) in [5.74, 6) is -6.40. The number of hydrogen-bond donors (Lipinski definition) is 3. The van der Waals surface area contributed by atoms with Crippen molar-refractivity contribution in [3.8, 4) is 0 Å². The average Bonchev–Trinajstić information content (AvgIpc) is 3.14. The van der Waals surface area contributed by atoms with Gasteiger partial charge in [-0.1, -0.05) is 44.5 Å². The molecule has 0 radical (unpaired) electrons. The van der Waals surface area contributed by atoms with Crippen LogP contribution in [0.5, 0.6) is 0 Å². The minimum Gasteiger partial charge on any atom is -0.480 e. The number of fused-ring (bicyclic) bond motifs is 2. The Morgan fingerprint density at radius 3 is 2.47 bits per heavy atom. The van der Waals surface area contributed by atoms with Gasteiger partial charge in [0, 0.05) is 23.7 Å². The molecule has 9 heteroatoms. The van der Waals surface area contributed by atoms with Gasteiger partial charge in [-0.05, 0) is 35.1 Å². The first-order chi connectivity index (χ1) is 14.9. The average molecular weight is 467 g/mol. The molecule has 2 heterocycles. The highest BCUT2D eigenvalue weighted by molar-refractivity contribution is 6.30. The molecule has 1 amide bonds. The van der Waals surface area contributed by atoms with Crippen LogP contribution in [0.1, 0.15) is 44.2 Å². The molecule has 2 aromatic carbocycles. The fraction of sp³-hybridized carbons (Fsp3) is 0.391. The van der Waals surface area contributed by atoms with E-state index in [1.807, 2.05) is 20.8 Å². The first kappa shape index (κ1) is 22.6. The number of benzene rings is 2. The molecule has 2 aromatic rings. The van der Waals surface area contributed by atoms with E-state index in [1.54, 1.807) is 0 Å². The van der Waals surface area contributed by atoms with E-state index in [1.165, 1.54) is 18.2 Å². The summed E-state index contributed by atoms with van der Waals surface area (Å²) in [6.07, 6.45) is 0.307. The summed E-state index contributed by atoms with van der Waals surface area (Å²) in [7, 11) is 0. The Labute approximate surface area is 188 Å². The minimum atomic E-state index is -1.70. The molecule has 2 aliphatic heterocycles. The van der Waals surface area contributed by atoms with Crippen molar-refractivity contribution in [2.24, 2.45) is 5.41 Å². The van der Waals surface area contributed by atoms with E-state index in [0.29, 0.717) is 6.42 Å². The first-order valence-corrected chi connectivity index (χ1v) is 10.5. The Kier molecular flexibility index (Phi) is 5.29. The zero-order valence-corrected chi connectivity index (χ0v) is 18.4. The Hall–Kier alpha value is -2.58.